The van der Waals surface area contributed by atoms with E-state index in [4.69, 9.17) is 0 Å². The van der Waals surface area contributed by atoms with Gasteiger partial charge in [-0.15, -0.1) is 11.3 Å². The van der Waals surface area contributed by atoms with Crippen molar-refractivity contribution in [3.8, 4) is 10.7 Å². The maximum Gasteiger partial charge on any atom is 0.226 e. The predicted molar refractivity (Wildman–Crippen MR) is 80.8 cm³/mol. The second kappa shape index (κ2) is 7.80. The number of rotatable bonds is 7. The van der Waals surface area contributed by atoms with Gasteiger partial charge in [0.05, 0.1) is 24.4 Å². The number of hydrogen-bond donors (Lipinski definition) is 2. The van der Waals surface area contributed by atoms with E-state index < -0.39 is 0 Å². The molecule has 0 spiro atoms. The molecule has 0 fully saturated rings. The molecule has 1 atom stereocenters. The quantitative estimate of drug-likeness (QED) is 0.807. The molecule has 0 aliphatic rings. The Morgan fingerprint density at radius 1 is 1.48 bits per heavy atom. The van der Waals surface area contributed by atoms with Crippen LogP contribution in [0.3, 0.4) is 0 Å². The van der Waals surface area contributed by atoms with E-state index in [1.807, 2.05) is 12.3 Å². The first-order chi connectivity index (χ1) is 10.2. The minimum Gasteiger partial charge on any atom is -0.393 e. The van der Waals surface area contributed by atoms with Gasteiger partial charge in [-0.25, -0.2) is 4.98 Å². The van der Waals surface area contributed by atoms with E-state index in [-0.39, 0.29) is 18.4 Å². The highest BCUT2D eigenvalue weighted by Crippen LogP contribution is 2.20. The van der Waals surface area contributed by atoms with Crippen LogP contribution in [0.4, 0.5) is 0 Å². The first-order valence-electron chi connectivity index (χ1n) is 6.84. The van der Waals surface area contributed by atoms with Gasteiger partial charge in [0, 0.05) is 24.3 Å². The van der Waals surface area contributed by atoms with Gasteiger partial charge in [0.25, 0.3) is 0 Å². The summed E-state index contributed by atoms with van der Waals surface area (Å²) in [5, 5.41) is 14.8. The molecule has 1 unspecified atom stereocenters. The molecule has 0 bridgehead atoms. The number of thiazole rings is 1. The summed E-state index contributed by atoms with van der Waals surface area (Å²) in [5.41, 5.74) is 1.43. The molecule has 2 rings (SSSR count). The zero-order valence-electron chi connectivity index (χ0n) is 11.8. The lowest BCUT2D eigenvalue weighted by molar-refractivity contribution is -0.120. The average Bonchev–Trinajstić information content (AvgIpc) is 2.96. The van der Waals surface area contributed by atoms with Crippen molar-refractivity contribution in [1.82, 2.24) is 20.3 Å². The number of carbonyl (C=O) groups is 1. The monoisotopic (exact) mass is 306 g/mol. The third-order valence-corrected chi connectivity index (χ3v) is 3.86. The number of aromatic nitrogens is 3. The van der Waals surface area contributed by atoms with Gasteiger partial charge in [-0.1, -0.05) is 6.92 Å². The van der Waals surface area contributed by atoms with Gasteiger partial charge >= 0.3 is 0 Å². The first-order valence-corrected chi connectivity index (χ1v) is 7.72. The number of hydrogen-bond acceptors (Lipinski definition) is 6. The van der Waals surface area contributed by atoms with Crippen LogP contribution in [0.15, 0.2) is 24.0 Å². The summed E-state index contributed by atoms with van der Waals surface area (Å²) in [4.78, 5) is 24.3. The summed E-state index contributed by atoms with van der Waals surface area (Å²) in [7, 11) is 0. The second-order valence-electron chi connectivity index (χ2n) is 4.61. The molecule has 0 aliphatic heterocycles. The largest absolute Gasteiger partial charge is 0.393 e. The van der Waals surface area contributed by atoms with Gasteiger partial charge in [0.15, 0.2) is 0 Å². The molecule has 2 aromatic rings. The summed E-state index contributed by atoms with van der Waals surface area (Å²) in [5.74, 6) is -0.0886. The Morgan fingerprint density at radius 3 is 3.05 bits per heavy atom. The second-order valence-corrected chi connectivity index (χ2v) is 5.47. The molecule has 6 nitrogen and oxygen atoms in total. The molecule has 0 saturated carbocycles. The highest BCUT2D eigenvalue weighted by Gasteiger charge is 2.10. The van der Waals surface area contributed by atoms with Crippen LogP contribution in [0, 0.1) is 0 Å². The van der Waals surface area contributed by atoms with Crippen LogP contribution >= 0.6 is 11.3 Å². The maximum absolute atomic E-state index is 11.8. The number of carbonyl (C=O) groups excluding carboxylic acids is 1. The number of aliphatic hydroxyl groups excluding tert-OH is 1. The van der Waals surface area contributed by atoms with Crippen LogP contribution in [-0.2, 0) is 11.2 Å². The van der Waals surface area contributed by atoms with Crippen molar-refractivity contribution in [2.75, 3.05) is 6.54 Å². The van der Waals surface area contributed by atoms with Gasteiger partial charge in [-0.3, -0.25) is 14.8 Å². The van der Waals surface area contributed by atoms with Gasteiger partial charge in [-0.2, -0.15) is 0 Å². The fourth-order valence-electron chi connectivity index (χ4n) is 1.72. The Labute approximate surface area is 127 Å². The average molecular weight is 306 g/mol. The van der Waals surface area contributed by atoms with Crippen molar-refractivity contribution in [1.29, 1.82) is 0 Å². The third kappa shape index (κ3) is 4.87. The van der Waals surface area contributed by atoms with E-state index in [2.05, 4.69) is 20.3 Å². The number of amides is 1. The van der Waals surface area contributed by atoms with E-state index in [1.54, 1.807) is 18.6 Å². The minimum atomic E-state index is -0.354. The summed E-state index contributed by atoms with van der Waals surface area (Å²) in [6.45, 7) is 2.39. The van der Waals surface area contributed by atoms with Crippen molar-refractivity contribution in [3.05, 3.63) is 29.7 Å². The molecule has 0 saturated heterocycles. The Hall–Kier alpha value is -1.86. The zero-order valence-corrected chi connectivity index (χ0v) is 12.6. The fourth-order valence-corrected chi connectivity index (χ4v) is 2.50. The third-order valence-electron chi connectivity index (χ3n) is 2.95. The normalized spacial score (nSPS) is 12.1. The lowest BCUT2D eigenvalue weighted by Gasteiger charge is -2.08. The zero-order chi connectivity index (χ0) is 15.1. The summed E-state index contributed by atoms with van der Waals surface area (Å²) in [6, 6.07) is 0. The van der Waals surface area contributed by atoms with Crippen LogP contribution in [0.25, 0.3) is 10.7 Å². The molecular formula is C14H18N4O2S. The van der Waals surface area contributed by atoms with E-state index >= 15 is 0 Å². The van der Waals surface area contributed by atoms with E-state index in [9.17, 15) is 9.90 Å². The van der Waals surface area contributed by atoms with Gasteiger partial charge in [-0.05, 0) is 12.8 Å². The van der Waals surface area contributed by atoms with Gasteiger partial charge in [0.1, 0.15) is 10.7 Å². The number of nitrogens with one attached hydrogen (secondary N) is 1. The lowest BCUT2D eigenvalue weighted by Crippen LogP contribution is -2.28. The topological polar surface area (TPSA) is 88.0 Å². The molecule has 0 radical (unpaired) electrons. The van der Waals surface area contributed by atoms with E-state index in [0.717, 1.165) is 5.01 Å². The molecule has 0 aromatic carbocycles. The molecule has 0 aliphatic carbocycles. The van der Waals surface area contributed by atoms with Crippen molar-refractivity contribution < 1.29 is 9.90 Å². The molecule has 7 heteroatoms. The number of aliphatic hydroxyl groups is 1. The van der Waals surface area contributed by atoms with Crippen LogP contribution < -0.4 is 5.32 Å². The molecular weight excluding hydrogens is 288 g/mol. The van der Waals surface area contributed by atoms with Crippen molar-refractivity contribution >= 4 is 17.2 Å². The molecule has 1 amide bonds. The first kappa shape index (κ1) is 15.5. The molecule has 21 heavy (non-hydrogen) atoms. The summed E-state index contributed by atoms with van der Waals surface area (Å²) in [6.07, 6.45) is 6.02. The van der Waals surface area contributed by atoms with E-state index in [0.29, 0.717) is 30.8 Å². The van der Waals surface area contributed by atoms with Gasteiger partial charge in [0.2, 0.25) is 5.91 Å². The van der Waals surface area contributed by atoms with Gasteiger partial charge < -0.3 is 10.4 Å². The molecule has 2 aromatic heterocycles. The maximum atomic E-state index is 11.8. The SMILES string of the molecule is CCC(O)CCNC(=O)Cc1csc(-c2cnccn2)n1. The summed E-state index contributed by atoms with van der Waals surface area (Å²) >= 11 is 1.44. The Balaban J connectivity index is 1.84. The van der Waals surface area contributed by atoms with E-state index in [1.165, 1.54) is 11.3 Å². The smallest absolute Gasteiger partial charge is 0.226 e. The van der Waals surface area contributed by atoms with Crippen LogP contribution in [0.2, 0.25) is 0 Å². The molecule has 2 N–H and O–H groups in total. The highest BCUT2D eigenvalue weighted by atomic mass is 32.1. The van der Waals surface area contributed by atoms with Crippen molar-refractivity contribution in [2.45, 2.75) is 32.3 Å². The Morgan fingerprint density at radius 2 is 2.33 bits per heavy atom. The van der Waals surface area contributed by atoms with Crippen LogP contribution in [-0.4, -0.2) is 38.6 Å². The summed E-state index contributed by atoms with van der Waals surface area (Å²) < 4.78 is 0. The van der Waals surface area contributed by atoms with Crippen molar-refractivity contribution in [3.63, 3.8) is 0 Å². The number of nitrogens with zero attached hydrogens (tertiary/aromatic N) is 3. The standard InChI is InChI=1S/C14H18N4O2S/c1-2-11(19)3-4-17-13(20)7-10-9-21-14(18-10)12-8-15-5-6-16-12/h5-6,8-9,11,19H,2-4,7H2,1H3,(H,17,20). The minimum absolute atomic E-state index is 0.0886. The molecule has 2 heterocycles. The Bertz CT molecular complexity index is 573. The fraction of sp³-hybridized carbons (Fsp3) is 0.429. The predicted octanol–water partition coefficient (Wildman–Crippen LogP) is 1.42. The van der Waals surface area contributed by atoms with Crippen LogP contribution in [0.1, 0.15) is 25.5 Å². The lowest BCUT2D eigenvalue weighted by atomic mass is 10.2. The highest BCUT2D eigenvalue weighted by molar-refractivity contribution is 7.13. The van der Waals surface area contributed by atoms with Crippen molar-refractivity contribution in [2.24, 2.45) is 0 Å². The Kier molecular flexibility index (Phi) is 5.77. The molecule has 112 valence electrons. The van der Waals surface area contributed by atoms with Crippen LogP contribution in [0.5, 0.6) is 0 Å².